The second kappa shape index (κ2) is 9.01. The van der Waals surface area contributed by atoms with Crippen LogP contribution in [0.2, 0.25) is 0 Å². The average Bonchev–Trinajstić information content (AvgIpc) is 2.26. The third-order valence-corrected chi connectivity index (χ3v) is 1.86. The maximum Gasteiger partial charge on any atom is -0.0193 e. The minimum Gasteiger partial charge on any atom is -0.0991 e. The van der Waals surface area contributed by atoms with Crippen LogP contribution in [0.3, 0.4) is 0 Å². The van der Waals surface area contributed by atoms with E-state index in [9.17, 15) is 0 Å². The van der Waals surface area contributed by atoms with Gasteiger partial charge in [-0.2, -0.15) is 0 Å². The molecule has 0 nitrogen and oxygen atoms in total. The third kappa shape index (κ3) is 5.69. The van der Waals surface area contributed by atoms with Crippen molar-refractivity contribution in [3.05, 3.63) is 72.9 Å². The van der Waals surface area contributed by atoms with Gasteiger partial charge in [-0.3, -0.25) is 0 Å². The first-order valence-electron chi connectivity index (χ1n) is 5.25. The normalized spacial score (nSPS) is 13.7. The lowest BCUT2D eigenvalue weighted by molar-refractivity contribution is 1.20. The molecule has 80 valence electrons. The fraction of sp³-hybridized carbons (Fsp3) is 0.200. The van der Waals surface area contributed by atoms with Crippen LogP contribution in [-0.2, 0) is 0 Å². The summed E-state index contributed by atoms with van der Waals surface area (Å²) in [5.41, 5.74) is 2.32. The maximum absolute atomic E-state index is 3.82. The topological polar surface area (TPSA) is 0 Å². The molecule has 0 amide bonds. The van der Waals surface area contributed by atoms with E-state index in [1.807, 2.05) is 37.3 Å². The van der Waals surface area contributed by atoms with Crippen LogP contribution in [0.1, 0.15) is 20.3 Å². The predicted molar refractivity (Wildman–Crippen MR) is 70.8 cm³/mol. The molecule has 0 aliphatic heterocycles. The Morgan fingerprint density at radius 2 is 1.87 bits per heavy atom. The second-order valence-electron chi connectivity index (χ2n) is 3.01. The summed E-state index contributed by atoms with van der Waals surface area (Å²) in [5.74, 6) is 0. The van der Waals surface area contributed by atoms with Crippen LogP contribution in [0.25, 0.3) is 0 Å². The first kappa shape index (κ1) is 13.4. The molecule has 0 spiro atoms. The van der Waals surface area contributed by atoms with Gasteiger partial charge in [-0.05, 0) is 24.5 Å². The van der Waals surface area contributed by atoms with Crippen LogP contribution < -0.4 is 0 Å². The molecule has 15 heavy (non-hydrogen) atoms. The molecule has 0 saturated carbocycles. The number of hydrogen-bond acceptors (Lipinski definition) is 0. The monoisotopic (exact) mass is 200 g/mol. The van der Waals surface area contributed by atoms with E-state index >= 15 is 0 Å². The summed E-state index contributed by atoms with van der Waals surface area (Å²) >= 11 is 0. The van der Waals surface area contributed by atoms with E-state index < -0.39 is 0 Å². The number of hydrogen-bond donors (Lipinski definition) is 0. The summed E-state index contributed by atoms with van der Waals surface area (Å²) in [6, 6.07) is 0. The van der Waals surface area contributed by atoms with Crippen LogP contribution >= 0.6 is 0 Å². The molecule has 0 heterocycles. The predicted octanol–water partition coefficient (Wildman–Crippen LogP) is 4.75. The Morgan fingerprint density at radius 3 is 2.33 bits per heavy atom. The van der Waals surface area contributed by atoms with Gasteiger partial charge in [0, 0.05) is 0 Å². The lowest BCUT2D eigenvalue weighted by Gasteiger charge is -2.01. The van der Waals surface area contributed by atoms with E-state index in [1.165, 1.54) is 5.57 Å². The van der Waals surface area contributed by atoms with Crippen molar-refractivity contribution in [2.45, 2.75) is 20.3 Å². The molecule has 0 rings (SSSR count). The van der Waals surface area contributed by atoms with Gasteiger partial charge < -0.3 is 0 Å². The highest BCUT2D eigenvalue weighted by molar-refractivity contribution is 5.47. The molecule has 0 aromatic rings. The Labute approximate surface area is 93.7 Å². The van der Waals surface area contributed by atoms with Gasteiger partial charge in [-0.25, -0.2) is 0 Å². The Morgan fingerprint density at radius 1 is 1.13 bits per heavy atom. The molecule has 0 aliphatic carbocycles. The first-order valence-corrected chi connectivity index (χ1v) is 5.25. The fourth-order valence-corrected chi connectivity index (χ4v) is 1.16. The summed E-state index contributed by atoms with van der Waals surface area (Å²) in [6.07, 6.45) is 16.9. The molecule has 0 N–H and O–H groups in total. The Balaban J connectivity index is 5.02. The Hall–Kier alpha value is -1.56. The largest absolute Gasteiger partial charge is 0.0991 e. The van der Waals surface area contributed by atoms with Gasteiger partial charge in [0.15, 0.2) is 0 Å². The van der Waals surface area contributed by atoms with Crippen LogP contribution in [0.15, 0.2) is 72.9 Å². The molecule has 0 aromatic carbocycles. The van der Waals surface area contributed by atoms with Gasteiger partial charge in [0.2, 0.25) is 0 Å². The molecule has 0 bridgehead atoms. The van der Waals surface area contributed by atoms with Gasteiger partial charge in [0.25, 0.3) is 0 Å². The fourth-order valence-electron chi connectivity index (χ4n) is 1.16. The molecular formula is C15H20. The van der Waals surface area contributed by atoms with E-state index in [2.05, 4.69) is 32.2 Å². The Bertz CT molecular complexity index is 309. The lowest BCUT2D eigenvalue weighted by atomic mass is 10.0. The van der Waals surface area contributed by atoms with E-state index in [0.29, 0.717) is 0 Å². The van der Waals surface area contributed by atoms with Crippen molar-refractivity contribution >= 4 is 0 Å². The van der Waals surface area contributed by atoms with Gasteiger partial charge in [0.05, 0.1) is 0 Å². The van der Waals surface area contributed by atoms with Crippen molar-refractivity contribution in [3.63, 3.8) is 0 Å². The molecule has 0 atom stereocenters. The zero-order valence-corrected chi connectivity index (χ0v) is 9.74. The highest BCUT2D eigenvalue weighted by atomic mass is 14.0. The highest BCUT2D eigenvalue weighted by Crippen LogP contribution is 2.14. The summed E-state index contributed by atoms with van der Waals surface area (Å²) < 4.78 is 0. The Kier molecular flexibility index (Phi) is 8.08. The van der Waals surface area contributed by atoms with Gasteiger partial charge >= 0.3 is 0 Å². The van der Waals surface area contributed by atoms with Gasteiger partial charge in [-0.1, -0.05) is 68.7 Å². The molecular weight excluding hydrogens is 180 g/mol. The van der Waals surface area contributed by atoms with Crippen molar-refractivity contribution in [2.24, 2.45) is 0 Å². The molecule has 0 saturated heterocycles. The summed E-state index contributed by atoms with van der Waals surface area (Å²) in [5, 5.41) is 0. The van der Waals surface area contributed by atoms with E-state index in [4.69, 9.17) is 0 Å². The van der Waals surface area contributed by atoms with Crippen molar-refractivity contribution < 1.29 is 0 Å². The van der Waals surface area contributed by atoms with Gasteiger partial charge in [-0.15, -0.1) is 0 Å². The molecule has 0 aliphatic rings. The maximum atomic E-state index is 3.82. The van der Waals surface area contributed by atoms with E-state index in [0.717, 1.165) is 12.0 Å². The minimum atomic E-state index is 1.01. The van der Waals surface area contributed by atoms with E-state index in [1.54, 1.807) is 6.08 Å². The zero-order valence-electron chi connectivity index (χ0n) is 9.74. The van der Waals surface area contributed by atoms with Crippen molar-refractivity contribution in [2.75, 3.05) is 0 Å². The van der Waals surface area contributed by atoms with Gasteiger partial charge in [0.1, 0.15) is 0 Å². The standard InChI is InChI=1S/C15H20/c1-5-9-12-14(8-4)15(11-7-3)13-10-6-2/h5-6,8-13H,2,4,7H2,1,3H3/b9-5-,13-10-,14-12-,15-11-. The van der Waals surface area contributed by atoms with Crippen molar-refractivity contribution in [3.8, 4) is 0 Å². The molecule has 0 heteroatoms. The van der Waals surface area contributed by atoms with Crippen LogP contribution in [0, 0.1) is 0 Å². The molecule has 0 unspecified atom stereocenters. The molecule has 0 aromatic heterocycles. The second-order valence-corrected chi connectivity index (χ2v) is 3.01. The first-order chi connectivity index (χ1) is 7.29. The highest BCUT2D eigenvalue weighted by Gasteiger charge is 1.94. The third-order valence-electron chi connectivity index (χ3n) is 1.86. The van der Waals surface area contributed by atoms with Crippen LogP contribution in [0.5, 0.6) is 0 Å². The summed E-state index contributed by atoms with van der Waals surface area (Å²) in [7, 11) is 0. The van der Waals surface area contributed by atoms with Crippen molar-refractivity contribution in [1.29, 1.82) is 0 Å². The molecule has 0 radical (unpaired) electrons. The lowest BCUT2D eigenvalue weighted by Crippen LogP contribution is -1.82. The SMILES string of the molecule is C=C\C=C/C(=C/CC)C(/C=C)=C\C=C/C. The van der Waals surface area contributed by atoms with Crippen LogP contribution in [0.4, 0.5) is 0 Å². The summed E-state index contributed by atoms with van der Waals surface area (Å²) in [4.78, 5) is 0. The quantitative estimate of drug-likeness (QED) is 0.543. The van der Waals surface area contributed by atoms with E-state index in [-0.39, 0.29) is 0 Å². The summed E-state index contributed by atoms with van der Waals surface area (Å²) in [6.45, 7) is 11.6. The number of rotatable bonds is 6. The number of allylic oxidation sites excluding steroid dienone is 10. The zero-order chi connectivity index (χ0) is 11.5. The average molecular weight is 200 g/mol. The van der Waals surface area contributed by atoms with Crippen LogP contribution in [-0.4, -0.2) is 0 Å². The smallest absolute Gasteiger partial charge is 0.0193 e. The van der Waals surface area contributed by atoms with Crippen molar-refractivity contribution in [1.82, 2.24) is 0 Å². The minimum absolute atomic E-state index is 1.01. The molecule has 0 fully saturated rings.